The van der Waals surface area contributed by atoms with Crippen LogP contribution in [-0.4, -0.2) is 36.5 Å². The molecule has 0 saturated heterocycles. The van der Waals surface area contributed by atoms with Gasteiger partial charge in [0.15, 0.2) is 0 Å². The second-order valence-electron chi connectivity index (χ2n) is 9.86. The molecule has 0 amide bonds. The lowest BCUT2D eigenvalue weighted by atomic mass is 9.88. The summed E-state index contributed by atoms with van der Waals surface area (Å²) in [6, 6.07) is 1.82. The number of fused-ring (bicyclic) bond motifs is 2. The van der Waals surface area contributed by atoms with Gasteiger partial charge >= 0.3 is 5.97 Å². The fourth-order valence-corrected chi connectivity index (χ4v) is 4.52. The predicted molar refractivity (Wildman–Crippen MR) is 133 cm³/mol. The van der Waals surface area contributed by atoms with E-state index < -0.39 is 11.6 Å². The Morgan fingerprint density at radius 2 is 2.03 bits per heavy atom. The summed E-state index contributed by atoms with van der Waals surface area (Å²) in [6.45, 7) is 10.4. The first-order valence-corrected chi connectivity index (χ1v) is 12.6. The molecule has 0 spiro atoms. The van der Waals surface area contributed by atoms with Gasteiger partial charge in [0.1, 0.15) is 23.4 Å². The van der Waals surface area contributed by atoms with Crippen LogP contribution in [0, 0.1) is 5.92 Å². The van der Waals surface area contributed by atoms with Crippen LogP contribution in [0.1, 0.15) is 84.3 Å². The fourth-order valence-electron chi connectivity index (χ4n) is 4.52. The number of hydrogen-bond acceptors (Lipinski definition) is 6. The summed E-state index contributed by atoms with van der Waals surface area (Å²) in [7, 11) is 1.64. The highest BCUT2D eigenvalue weighted by atomic mass is 16.6. The third-order valence-electron chi connectivity index (χ3n) is 6.48. The minimum Gasteiger partial charge on any atom is -0.496 e. The molecular weight excluding hydrogens is 432 g/mol. The fraction of sp³-hybridized carbons (Fsp3) is 0.607. The van der Waals surface area contributed by atoms with Crippen molar-refractivity contribution >= 4 is 11.5 Å². The number of hydrogen-bond donors (Lipinski definition) is 1. The van der Waals surface area contributed by atoms with Crippen molar-refractivity contribution in [3.63, 3.8) is 0 Å². The summed E-state index contributed by atoms with van der Waals surface area (Å²) in [5.41, 5.74) is 1.64. The van der Waals surface area contributed by atoms with Gasteiger partial charge < -0.3 is 24.1 Å². The van der Waals surface area contributed by atoms with Crippen LogP contribution in [0.25, 0.3) is 5.57 Å². The van der Waals surface area contributed by atoms with Crippen molar-refractivity contribution in [3.05, 3.63) is 35.1 Å². The molecule has 3 rings (SSSR count). The van der Waals surface area contributed by atoms with Crippen LogP contribution in [-0.2, 0) is 16.0 Å². The molecule has 0 bridgehead atoms. The Bertz CT molecular complexity index is 941. The van der Waals surface area contributed by atoms with Gasteiger partial charge in [-0.05, 0) is 44.3 Å². The predicted octanol–water partition coefficient (Wildman–Crippen LogP) is 5.99. The topological polar surface area (TPSA) is 74.2 Å². The molecule has 2 aliphatic heterocycles. The van der Waals surface area contributed by atoms with E-state index in [2.05, 4.69) is 26.8 Å². The van der Waals surface area contributed by atoms with Gasteiger partial charge in [-0.3, -0.25) is 0 Å². The van der Waals surface area contributed by atoms with Crippen LogP contribution >= 0.6 is 0 Å². The third-order valence-corrected chi connectivity index (χ3v) is 6.48. The lowest BCUT2D eigenvalue weighted by Crippen LogP contribution is -2.42. The van der Waals surface area contributed by atoms with Gasteiger partial charge in [-0.15, -0.1) is 0 Å². The maximum atomic E-state index is 12.5. The summed E-state index contributed by atoms with van der Waals surface area (Å²) < 4.78 is 23.3. The smallest absolute Gasteiger partial charge is 0.374 e. The molecule has 2 unspecified atom stereocenters. The normalized spacial score (nSPS) is 19.6. The second-order valence-corrected chi connectivity index (χ2v) is 9.86. The zero-order valence-electron chi connectivity index (χ0n) is 21.5. The highest BCUT2D eigenvalue weighted by Gasteiger charge is 2.41. The van der Waals surface area contributed by atoms with Gasteiger partial charge in [0.05, 0.1) is 24.9 Å². The Hall–Kier alpha value is -2.47. The molecule has 188 valence electrons. The first-order valence-electron chi connectivity index (χ1n) is 12.6. The van der Waals surface area contributed by atoms with Crippen molar-refractivity contribution in [2.75, 3.05) is 13.7 Å². The molecule has 6 heteroatoms. The minimum atomic E-state index is -0.955. The largest absolute Gasteiger partial charge is 0.496 e. The van der Waals surface area contributed by atoms with E-state index in [9.17, 15) is 9.90 Å². The zero-order valence-corrected chi connectivity index (χ0v) is 21.5. The molecule has 0 radical (unpaired) electrons. The van der Waals surface area contributed by atoms with E-state index in [0.29, 0.717) is 36.0 Å². The highest BCUT2D eigenvalue weighted by Crippen LogP contribution is 2.50. The molecule has 0 fully saturated rings. The van der Waals surface area contributed by atoms with Crippen LogP contribution in [0.5, 0.6) is 17.2 Å². The van der Waals surface area contributed by atoms with Gasteiger partial charge in [0.2, 0.25) is 5.76 Å². The van der Waals surface area contributed by atoms with Gasteiger partial charge in [-0.1, -0.05) is 52.5 Å². The Morgan fingerprint density at radius 1 is 1.26 bits per heavy atom. The SMILES string of the molecule is CCCCCCC(C)(O)C1Cc2c(cc3c(c2OC)C(=CCC(C)C)C=C(C(=O)OCC)O3)O1. The van der Waals surface area contributed by atoms with Crippen molar-refractivity contribution in [3.8, 4) is 17.2 Å². The van der Waals surface area contributed by atoms with Crippen LogP contribution in [0.2, 0.25) is 0 Å². The number of esters is 1. The van der Waals surface area contributed by atoms with E-state index in [0.717, 1.165) is 42.4 Å². The number of ether oxygens (including phenoxy) is 4. The van der Waals surface area contributed by atoms with E-state index in [1.807, 2.05) is 13.0 Å². The molecule has 34 heavy (non-hydrogen) atoms. The Labute approximate surface area is 203 Å². The molecule has 6 nitrogen and oxygen atoms in total. The van der Waals surface area contributed by atoms with Crippen LogP contribution in [0.4, 0.5) is 0 Å². The third kappa shape index (κ3) is 5.77. The summed E-state index contributed by atoms with van der Waals surface area (Å²) in [4.78, 5) is 12.5. The number of allylic oxidation sites excluding steroid dienone is 3. The molecule has 1 aromatic rings. The average Bonchev–Trinajstić information content (AvgIpc) is 3.23. The Balaban J connectivity index is 1.96. The summed E-state index contributed by atoms with van der Waals surface area (Å²) >= 11 is 0. The number of benzene rings is 1. The van der Waals surface area contributed by atoms with Crippen LogP contribution < -0.4 is 14.2 Å². The van der Waals surface area contributed by atoms with Crippen molar-refractivity contribution in [2.24, 2.45) is 5.92 Å². The Kier molecular flexibility index (Phi) is 8.69. The summed E-state index contributed by atoms with van der Waals surface area (Å²) in [6.07, 6.45) is 9.93. The molecule has 2 aliphatic rings. The van der Waals surface area contributed by atoms with E-state index in [4.69, 9.17) is 18.9 Å². The summed E-state index contributed by atoms with van der Waals surface area (Å²) in [5, 5.41) is 11.2. The van der Waals surface area contributed by atoms with Gasteiger partial charge in [-0.25, -0.2) is 4.79 Å². The number of carbonyl (C=O) groups is 1. The van der Waals surface area contributed by atoms with E-state index in [-0.39, 0.29) is 18.5 Å². The number of carbonyl (C=O) groups excluding carboxylic acids is 1. The molecule has 0 saturated carbocycles. The van der Waals surface area contributed by atoms with Gasteiger partial charge in [0, 0.05) is 18.1 Å². The average molecular weight is 473 g/mol. The molecule has 2 atom stereocenters. The second kappa shape index (κ2) is 11.3. The number of methoxy groups -OCH3 is 1. The zero-order chi connectivity index (χ0) is 24.9. The Morgan fingerprint density at radius 3 is 2.68 bits per heavy atom. The maximum absolute atomic E-state index is 12.5. The van der Waals surface area contributed by atoms with Crippen LogP contribution in [0.3, 0.4) is 0 Å². The first kappa shape index (κ1) is 26.1. The van der Waals surface area contributed by atoms with E-state index in [1.54, 1.807) is 20.1 Å². The van der Waals surface area contributed by atoms with Crippen molar-refractivity contribution in [1.82, 2.24) is 0 Å². The number of rotatable bonds is 11. The quantitative estimate of drug-likeness (QED) is 0.315. The van der Waals surface area contributed by atoms with Crippen LogP contribution in [0.15, 0.2) is 24.0 Å². The number of unbranched alkanes of at least 4 members (excludes halogenated alkanes) is 3. The van der Waals surface area contributed by atoms with Gasteiger partial charge in [0.25, 0.3) is 0 Å². The van der Waals surface area contributed by atoms with Crippen molar-refractivity contribution in [1.29, 1.82) is 0 Å². The van der Waals surface area contributed by atoms with Crippen molar-refractivity contribution < 1.29 is 28.8 Å². The molecule has 1 aromatic carbocycles. The van der Waals surface area contributed by atoms with Crippen molar-refractivity contribution in [2.45, 2.75) is 91.3 Å². The van der Waals surface area contributed by atoms with Gasteiger partial charge in [-0.2, -0.15) is 0 Å². The molecular formula is C28H40O6. The first-order chi connectivity index (χ1) is 16.2. The lowest BCUT2D eigenvalue weighted by Gasteiger charge is -2.29. The molecule has 1 N–H and O–H groups in total. The molecule has 0 aliphatic carbocycles. The van der Waals surface area contributed by atoms with E-state index in [1.165, 1.54) is 6.42 Å². The monoisotopic (exact) mass is 472 g/mol. The molecule has 2 heterocycles. The lowest BCUT2D eigenvalue weighted by molar-refractivity contribution is -0.141. The molecule has 0 aromatic heterocycles. The maximum Gasteiger partial charge on any atom is 0.374 e. The number of aliphatic hydroxyl groups is 1. The standard InChI is InChI=1S/C28H40O6/c1-7-9-10-11-14-28(5,30)24-16-20-21(34-24)17-22-25(26(20)31-6)19(13-12-18(3)4)15-23(33-22)27(29)32-8-2/h13,15,17-18,24,30H,7-12,14,16H2,1-6H3. The minimum absolute atomic E-state index is 0.142. The van der Waals surface area contributed by atoms with E-state index >= 15 is 0 Å². The summed E-state index contributed by atoms with van der Waals surface area (Å²) in [5.74, 6) is 1.89. The highest BCUT2D eigenvalue weighted by molar-refractivity contribution is 5.95.